The van der Waals surface area contributed by atoms with Crippen molar-refractivity contribution < 1.29 is 31.7 Å². The second-order valence-electron chi connectivity index (χ2n) is 0.854. The molecule has 0 heterocycles. The van der Waals surface area contributed by atoms with Gasteiger partial charge in [0.1, 0.15) is 0 Å². The van der Waals surface area contributed by atoms with E-state index in [1.807, 2.05) is 0 Å². The zero-order valence-corrected chi connectivity index (χ0v) is 6.58. The van der Waals surface area contributed by atoms with Gasteiger partial charge in [-0.1, -0.05) is 13.3 Å². The molecule has 0 aliphatic rings. The van der Waals surface area contributed by atoms with Crippen molar-refractivity contribution in [3.63, 3.8) is 0 Å². The molecule has 0 aromatic heterocycles. The molecule has 6 heavy (non-hydrogen) atoms. The van der Waals surface area contributed by atoms with Gasteiger partial charge in [0, 0.05) is 26.2 Å². The second kappa shape index (κ2) is 17.0. The quantitative estimate of drug-likeness (QED) is 0.516. The van der Waals surface area contributed by atoms with Crippen LogP contribution in [0.3, 0.4) is 0 Å². The first kappa shape index (κ1) is 15.8. The summed E-state index contributed by atoms with van der Waals surface area (Å²) < 4.78 is 0. The minimum absolute atomic E-state index is 0. The minimum Gasteiger partial charge on any atom is -0.412 e. The maximum Gasteiger partial charge on any atom is 0 e. The first-order valence-electron chi connectivity index (χ1n) is 1.71. The van der Waals surface area contributed by atoms with Crippen molar-refractivity contribution in [3.8, 4) is 0 Å². The molecule has 0 saturated heterocycles. The summed E-state index contributed by atoms with van der Waals surface area (Å²) in [4.78, 5) is 0. The molecule has 0 aromatic rings. The zero-order valence-electron chi connectivity index (χ0n) is 4.12. The first-order chi connectivity index (χ1) is 1.91. The van der Waals surface area contributed by atoms with Crippen LogP contribution < -0.4 is 0 Å². The molecule has 0 saturated carbocycles. The van der Waals surface area contributed by atoms with E-state index >= 15 is 0 Å². The molecule has 0 aliphatic heterocycles. The maximum atomic E-state index is 3.60. The van der Waals surface area contributed by atoms with Gasteiger partial charge >= 0.3 is 0 Å². The van der Waals surface area contributed by atoms with Crippen molar-refractivity contribution in [1.29, 1.82) is 0 Å². The van der Waals surface area contributed by atoms with E-state index in [0.717, 1.165) is 6.42 Å². The summed E-state index contributed by atoms with van der Waals surface area (Å²) in [6.07, 6.45) is 2.28. The van der Waals surface area contributed by atoms with Crippen LogP contribution in [0.4, 0.5) is 0 Å². The van der Waals surface area contributed by atoms with Crippen LogP contribution in [0.1, 0.15) is 19.8 Å². The predicted octanol–water partition coefficient (Wildman–Crippen LogP) is 0.793. The van der Waals surface area contributed by atoms with E-state index in [1.54, 1.807) is 0 Å². The van der Waals surface area contributed by atoms with Gasteiger partial charge in [-0.15, -0.1) is 0 Å². The van der Waals surface area contributed by atoms with E-state index < -0.39 is 0 Å². The molecule has 1 nitrogen and oxygen atoms in total. The van der Waals surface area contributed by atoms with Crippen LogP contribution in [0, 0.1) is 6.92 Å². The monoisotopic (exact) mass is 165 g/mol. The number of unbranched alkanes of at least 4 members (excludes halogenated alkanes) is 1. The fraction of sp³-hybridized carbons (Fsp3) is 0.750. The van der Waals surface area contributed by atoms with Gasteiger partial charge in [0.15, 0.2) is 0 Å². The van der Waals surface area contributed by atoms with Crippen LogP contribution in [0.2, 0.25) is 0 Å². The Morgan fingerprint density at radius 3 is 1.67 bits per heavy atom. The standard InChI is InChI=1S/C4H9.H2O.Zr/c1-3-4-2;;/h1,3-4H2,2H3;1H2;/q-1;;. The van der Waals surface area contributed by atoms with E-state index in [4.69, 9.17) is 0 Å². The van der Waals surface area contributed by atoms with Crippen LogP contribution in [0.15, 0.2) is 0 Å². The van der Waals surface area contributed by atoms with E-state index in [2.05, 4.69) is 13.8 Å². The predicted molar refractivity (Wildman–Crippen MR) is 23.9 cm³/mol. The Labute approximate surface area is 58.6 Å². The van der Waals surface area contributed by atoms with Crippen LogP contribution in [-0.2, 0) is 26.2 Å². The maximum absolute atomic E-state index is 3.60. The van der Waals surface area contributed by atoms with Crippen molar-refractivity contribution in [2.24, 2.45) is 0 Å². The fourth-order valence-electron chi connectivity index (χ4n) is 0. The van der Waals surface area contributed by atoms with Crippen molar-refractivity contribution in [2.45, 2.75) is 19.8 Å². The Balaban J connectivity index is -0.0000000450. The molecule has 0 bridgehead atoms. The fourth-order valence-corrected chi connectivity index (χ4v) is 0. The zero-order chi connectivity index (χ0) is 3.41. The average molecular weight is 166 g/mol. The molecular weight excluding hydrogens is 155 g/mol. The molecule has 2 N–H and O–H groups in total. The molecule has 38 valence electrons. The van der Waals surface area contributed by atoms with Gasteiger partial charge in [-0.05, 0) is 0 Å². The van der Waals surface area contributed by atoms with Crippen molar-refractivity contribution in [2.75, 3.05) is 0 Å². The molecule has 0 spiro atoms. The molecule has 0 fully saturated rings. The van der Waals surface area contributed by atoms with Crippen LogP contribution in [0.25, 0.3) is 0 Å². The second-order valence-corrected chi connectivity index (χ2v) is 0.854. The molecule has 0 aromatic carbocycles. The van der Waals surface area contributed by atoms with Crippen LogP contribution in [0.5, 0.6) is 0 Å². The summed E-state index contributed by atoms with van der Waals surface area (Å²) >= 11 is 0. The normalized spacial score (nSPS) is 5.00. The molecule has 0 aliphatic carbocycles. The third-order valence-electron chi connectivity index (χ3n) is 0.354. The van der Waals surface area contributed by atoms with E-state index in [1.165, 1.54) is 6.42 Å². The summed E-state index contributed by atoms with van der Waals surface area (Å²) in [7, 11) is 0. The van der Waals surface area contributed by atoms with Crippen molar-refractivity contribution in [1.82, 2.24) is 0 Å². The van der Waals surface area contributed by atoms with Gasteiger partial charge in [-0.3, -0.25) is 0 Å². The van der Waals surface area contributed by atoms with E-state index in [9.17, 15) is 0 Å². The number of hydrogen-bond donors (Lipinski definition) is 0. The van der Waals surface area contributed by atoms with Crippen molar-refractivity contribution >= 4 is 0 Å². The largest absolute Gasteiger partial charge is 0.412 e. The minimum atomic E-state index is 0. The van der Waals surface area contributed by atoms with Crippen molar-refractivity contribution in [3.05, 3.63) is 6.92 Å². The van der Waals surface area contributed by atoms with Crippen LogP contribution in [-0.4, -0.2) is 5.48 Å². The molecular formula is C4H11OZr-. The Hall–Kier alpha value is 0.843. The van der Waals surface area contributed by atoms with Gasteiger partial charge in [-0.25, -0.2) is 0 Å². The molecule has 0 atom stereocenters. The smallest absolute Gasteiger partial charge is 0 e. The number of rotatable bonds is 1. The van der Waals surface area contributed by atoms with Gasteiger partial charge in [-0.2, -0.15) is 6.42 Å². The first-order valence-corrected chi connectivity index (χ1v) is 1.71. The van der Waals surface area contributed by atoms with Gasteiger partial charge in [0.25, 0.3) is 0 Å². The van der Waals surface area contributed by atoms with E-state index in [-0.39, 0.29) is 31.7 Å². The SMILES string of the molecule is O.[CH2-]CCC.[Zr]. The molecule has 0 amide bonds. The summed E-state index contributed by atoms with van der Waals surface area (Å²) in [5, 5.41) is 0. The summed E-state index contributed by atoms with van der Waals surface area (Å²) in [5.74, 6) is 0. The Bertz CT molecular complexity index is 9.51. The third-order valence-corrected chi connectivity index (χ3v) is 0.354. The summed E-state index contributed by atoms with van der Waals surface area (Å²) in [5.41, 5.74) is 0. The Morgan fingerprint density at radius 2 is 1.67 bits per heavy atom. The van der Waals surface area contributed by atoms with Gasteiger partial charge in [0.2, 0.25) is 0 Å². The van der Waals surface area contributed by atoms with Gasteiger partial charge in [0.05, 0.1) is 0 Å². The van der Waals surface area contributed by atoms with Gasteiger partial charge < -0.3 is 12.4 Å². The third kappa shape index (κ3) is 21.1. The number of hydrogen-bond acceptors (Lipinski definition) is 0. The Morgan fingerprint density at radius 1 is 1.50 bits per heavy atom. The summed E-state index contributed by atoms with van der Waals surface area (Å²) in [6, 6.07) is 0. The molecule has 0 radical (unpaired) electrons. The molecule has 2 heteroatoms. The summed E-state index contributed by atoms with van der Waals surface area (Å²) in [6.45, 7) is 5.72. The van der Waals surface area contributed by atoms with Crippen LogP contribution >= 0.6 is 0 Å². The Kier molecular flexibility index (Phi) is 44.7. The molecule has 0 unspecified atom stereocenters. The topological polar surface area (TPSA) is 31.5 Å². The van der Waals surface area contributed by atoms with E-state index in [0.29, 0.717) is 0 Å². The molecule has 0 rings (SSSR count). The average Bonchev–Trinajstić information content (AvgIpc) is 1.37.